The third kappa shape index (κ3) is 5.10. The molecule has 0 aromatic heterocycles. The maximum atomic E-state index is 14.1. The summed E-state index contributed by atoms with van der Waals surface area (Å²) >= 11 is 0. The number of amides is 1. The molecule has 0 saturated heterocycles. The summed E-state index contributed by atoms with van der Waals surface area (Å²) in [6.45, 7) is 2.32. The van der Waals surface area contributed by atoms with E-state index in [0.29, 0.717) is 29.0 Å². The second-order valence-corrected chi connectivity index (χ2v) is 11.9. The number of methoxy groups -OCH3 is 1. The van der Waals surface area contributed by atoms with E-state index in [2.05, 4.69) is 5.32 Å². The number of nitrogens with one attached hydrogen (secondary N) is 1. The second-order valence-electron chi connectivity index (χ2n) is 11.9. The van der Waals surface area contributed by atoms with Crippen molar-refractivity contribution in [1.29, 1.82) is 0 Å². The maximum absolute atomic E-state index is 14.1. The molecule has 0 aliphatic heterocycles. The van der Waals surface area contributed by atoms with Crippen LogP contribution in [-0.4, -0.2) is 94.8 Å². The Bertz CT molecular complexity index is 1710. The largest absolute Gasteiger partial charge is 0.510 e. The molecule has 0 bridgehead atoms. The Hall–Kier alpha value is -4.72. The summed E-state index contributed by atoms with van der Waals surface area (Å²) in [7, 11) is 4.65. The number of hydrogen-bond acceptors (Lipinski definition) is 12. The van der Waals surface area contributed by atoms with Crippen LogP contribution in [0.5, 0.6) is 11.5 Å². The predicted octanol–water partition coefficient (Wildman–Crippen LogP) is 1.45. The van der Waals surface area contributed by atoms with Gasteiger partial charge in [-0.05, 0) is 74.7 Å². The Morgan fingerprint density at radius 2 is 1.83 bits per heavy atom. The molecule has 0 heterocycles. The first kappa shape index (κ1) is 32.7. The number of Topliss-reactive ketones (excluding diaryl/α,β-unsaturated/α-hetero) is 2. The molecule has 0 unspecified atom stereocenters. The number of phenolic OH excluding ortho intramolecular Hbond substituents is 1. The minimum atomic E-state index is -2.72. The number of carbonyl (C=O) groups is 4. The molecule has 0 fully saturated rings. The van der Waals surface area contributed by atoms with E-state index in [1.807, 2.05) is 12.1 Å². The Morgan fingerprint density at radius 3 is 2.46 bits per heavy atom. The van der Waals surface area contributed by atoms with Crippen LogP contribution in [0, 0.1) is 11.8 Å². The quantitative estimate of drug-likeness (QED) is 0.171. The van der Waals surface area contributed by atoms with Gasteiger partial charge in [0.1, 0.15) is 28.6 Å². The number of carbonyl (C=O) groups excluding carboxylic acids is 4. The number of hydrogen-bond donors (Lipinski definition) is 6. The number of phenols is 1. The molecule has 13 nitrogen and oxygen atoms in total. The summed E-state index contributed by atoms with van der Waals surface area (Å²) in [5.74, 6) is -7.05. The van der Waals surface area contributed by atoms with Crippen molar-refractivity contribution >= 4 is 23.4 Å². The Kier molecular flexibility index (Phi) is 8.69. The first-order valence-electron chi connectivity index (χ1n) is 14.8. The second kappa shape index (κ2) is 12.2. The molecule has 0 saturated carbocycles. The van der Waals surface area contributed by atoms with Crippen LogP contribution in [0.2, 0.25) is 0 Å². The molecule has 4 atom stereocenters. The van der Waals surface area contributed by atoms with E-state index in [9.17, 15) is 39.6 Å². The van der Waals surface area contributed by atoms with Crippen molar-refractivity contribution in [2.45, 2.75) is 38.0 Å². The number of ether oxygens (including phenoxy) is 2. The van der Waals surface area contributed by atoms with Gasteiger partial charge in [-0.15, -0.1) is 0 Å². The molecule has 13 heteroatoms. The zero-order chi connectivity index (χ0) is 33.7. The molecule has 3 aliphatic rings. The van der Waals surface area contributed by atoms with E-state index >= 15 is 0 Å². The minimum Gasteiger partial charge on any atom is -0.510 e. The molecular weight excluding hydrogens is 598 g/mol. The number of aliphatic hydroxyl groups is 3. The van der Waals surface area contributed by atoms with Crippen molar-refractivity contribution in [3.05, 3.63) is 69.7 Å². The van der Waals surface area contributed by atoms with E-state index in [4.69, 9.17) is 15.2 Å². The van der Waals surface area contributed by atoms with Crippen molar-refractivity contribution in [2.24, 2.45) is 17.6 Å². The lowest BCUT2D eigenvalue weighted by atomic mass is 9.58. The molecule has 1 amide bonds. The molecule has 244 valence electrons. The van der Waals surface area contributed by atoms with Crippen LogP contribution in [0.1, 0.15) is 34.8 Å². The van der Waals surface area contributed by atoms with Crippen LogP contribution in [0.4, 0.5) is 0 Å². The lowest BCUT2D eigenvalue weighted by Crippen LogP contribution is -2.63. The van der Waals surface area contributed by atoms with Crippen LogP contribution in [-0.2, 0) is 32.1 Å². The third-order valence-corrected chi connectivity index (χ3v) is 9.06. The molecule has 0 spiro atoms. The molecule has 2 aromatic carbocycles. The van der Waals surface area contributed by atoms with Gasteiger partial charge in [0.05, 0.1) is 31.9 Å². The van der Waals surface area contributed by atoms with Gasteiger partial charge in [-0.1, -0.05) is 12.1 Å². The smallest absolute Gasteiger partial charge is 0.319 e. The Balaban J connectivity index is 1.61. The summed E-state index contributed by atoms with van der Waals surface area (Å²) in [5, 5.41) is 48.3. The zero-order valence-corrected chi connectivity index (χ0v) is 25.9. The number of ketones is 2. The van der Waals surface area contributed by atoms with Gasteiger partial charge in [-0.25, -0.2) is 0 Å². The number of allylic oxidation sites excluding steroid dienone is 1. The summed E-state index contributed by atoms with van der Waals surface area (Å²) in [5.41, 5.74) is 3.93. The number of rotatable bonds is 9. The standard InChI is InChI=1S/C33H37N3O10/c1-5-46-23(38)14-35-13-15-6-9-22(45-4)18(10-15)17-7-8-21(37)25-19(17)11-16-12-20-27(36(2)3)29(40)26(32(34)43)31(42)33(20,44)30(41)24(16)28(25)39/h6-10,16,20,27,35,37,40-41,44H,5,11-14H2,1-4H3,(H2,34,43)/t16-,20-,27-,33-/m1/s1. The number of nitrogens with two attached hydrogens (primary N) is 1. The van der Waals surface area contributed by atoms with Crippen molar-refractivity contribution < 1.29 is 49.1 Å². The average molecular weight is 636 g/mol. The lowest BCUT2D eigenvalue weighted by molar-refractivity contribution is -0.148. The molecule has 7 N–H and O–H groups in total. The lowest BCUT2D eigenvalue weighted by Gasteiger charge is -2.50. The van der Waals surface area contributed by atoms with Gasteiger partial charge in [-0.2, -0.15) is 0 Å². The third-order valence-electron chi connectivity index (χ3n) is 9.06. The van der Waals surface area contributed by atoms with Gasteiger partial charge in [-0.3, -0.25) is 24.1 Å². The predicted molar refractivity (Wildman–Crippen MR) is 164 cm³/mol. The SMILES string of the molecule is CCOC(=O)CNCc1ccc(OC)c(-c2ccc(O)c3c2C[C@@H]2C[C@@H]4[C@@H](N(C)C)C(O)=C(C(N)=O)C(=O)[C@]4(O)C(O)=C2C3=O)c1. The molecule has 5 rings (SSSR count). The highest BCUT2D eigenvalue weighted by atomic mass is 16.5. The van der Waals surface area contributed by atoms with Crippen LogP contribution < -0.4 is 15.8 Å². The van der Waals surface area contributed by atoms with Crippen molar-refractivity contribution in [2.75, 3.05) is 34.4 Å². The monoisotopic (exact) mass is 635 g/mol. The number of aliphatic hydroxyl groups excluding tert-OH is 2. The molecule has 46 heavy (non-hydrogen) atoms. The van der Waals surface area contributed by atoms with E-state index in [0.717, 1.165) is 5.56 Å². The van der Waals surface area contributed by atoms with Crippen molar-refractivity contribution in [3.63, 3.8) is 0 Å². The fraction of sp³-hybridized carbons (Fsp3) is 0.394. The summed E-state index contributed by atoms with van der Waals surface area (Å²) < 4.78 is 10.6. The number of esters is 1. The number of aromatic hydroxyl groups is 1. The zero-order valence-electron chi connectivity index (χ0n) is 25.9. The maximum Gasteiger partial charge on any atom is 0.319 e. The molecule has 2 aromatic rings. The van der Waals surface area contributed by atoms with Crippen molar-refractivity contribution in [3.8, 4) is 22.6 Å². The van der Waals surface area contributed by atoms with Gasteiger partial charge in [0.25, 0.3) is 5.91 Å². The van der Waals surface area contributed by atoms with Crippen LogP contribution in [0.25, 0.3) is 11.1 Å². The Morgan fingerprint density at radius 1 is 1.11 bits per heavy atom. The van der Waals surface area contributed by atoms with E-state index in [1.54, 1.807) is 33.2 Å². The highest BCUT2D eigenvalue weighted by Gasteiger charge is 2.63. The number of nitrogens with zero attached hydrogens (tertiary/aromatic N) is 1. The summed E-state index contributed by atoms with van der Waals surface area (Å²) in [6.07, 6.45) is 0.0859. The normalized spacial score (nSPS) is 24.0. The van der Waals surface area contributed by atoms with Crippen LogP contribution in [0.3, 0.4) is 0 Å². The first-order valence-corrected chi connectivity index (χ1v) is 14.8. The average Bonchev–Trinajstić information content (AvgIpc) is 2.99. The highest BCUT2D eigenvalue weighted by molar-refractivity contribution is 6.25. The van der Waals surface area contributed by atoms with E-state index in [-0.39, 0.29) is 48.8 Å². The van der Waals surface area contributed by atoms with Gasteiger partial charge in [0.15, 0.2) is 11.4 Å². The number of fused-ring (bicyclic) bond motifs is 3. The number of primary amides is 1. The van der Waals surface area contributed by atoms with Crippen LogP contribution in [0.15, 0.2) is 53.0 Å². The van der Waals surface area contributed by atoms with Gasteiger partial charge >= 0.3 is 5.97 Å². The fourth-order valence-electron chi connectivity index (χ4n) is 7.10. The minimum absolute atomic E-state index is 0.00817. The fourth-order valence-corrected chi connectivity index (χ4v) is 7.10. The topological polar surface area (TPSA) is 209 Å². The van der Waals surface area contributed by atoms with Gasteiger partial charge < -0.3 is 41.0 Å². The Labute approximate surface area is 264 Å². The van der Waals surface area contributed by atoms with Gasteiger partial charge in [0.2, 0.25) is 5.78 Å². The van der Waals surface area contributed by atoms with Gasteiger partial charge in [0, 0.05) is 23.6 Å². The summed E-state index contributed by atoms with van der Waals surface area (Å²) in [6, 6.07) is 7.32. The molecular formula is C33H37N3O10. The number of likely N-dealkylation sites (N-methyl/N-ethyl adjacent to an activating group) is 1. The highest BCUT2D eigenvalue weighted by Crippen LogP contribution is 2.53. The molecule has 0 radical (unpaired) electrons. The van der Waals surface area contributed by atoms with Crippen LogP contribution >= 0.6 is 0 Å². The first-order chi connectivity index (χ1) is 21.8. The number of benzene rings is 2. The van der Waals surface area contributed by atoms with E-state index < -0.39 is 58.0 Å². The molecule has 3 aliphatic carbocycles. The van der Waals surface area contributed by atoms with Crippen molar-refractivity contribution in [1.82, 2.24) is 10.2 Å². The van der Waals surface area contributed by atoms with E-state index in [1.165, 1.54) is 18.1 Å². The summed E-state index contributed by atoms with van der Waals surface area (Å²) in [4.78, 5) is 53.1.